The summed E-state index contributed by atoms with van der Waals surface area (Å²) in [5, 5.41) is 16.5. The van der Waals surface area contributed by atoms with Gasteiger partial charge in [0.1, 0.15) is 29.1 Å². The van der Waals surface area contributed by atoms with E-state index in [1.807, 2.05) is 6.07 Å². The summed E-state index contributed by atoms with van der Waals surface area (Å²) in [6.45, 7) is 1.30. The predicted molar refractivity (Wildman–Crippen MR) is 110 cm³/mol. The zero-order valence-corrected chi connectivity index (χ0v) is 17.0. The quantitative estimate of drug-likeness (QED) is 0.489. The number of ether oxygens (including phenoxy) is 1. The highest BCUT2D eigenvalue weighted by Crippen LogP contribution is 2.41. The number of hydrogen-bond acceptors (Lipinski definition) is 8. The van der Waals surface area contributed by atoms with Gasteiger partial charge in [0, 0.05) is 5.56 Å². The van der Waals surface area contributed by atoms with Crippen molar-refractivity contribution in [2.24, 2.45) is 5.73 Å². The number of benzene rings is 1. The number of nitrogens with two attached hydrogens (primary N) is 2. The standard InChI is InChI=1S/C20H17FN8O3/c1-20(18(24)30)12-14(23)25-16(26-15(12)27-19(20)31)13-10(7-22)17(32-2)29(28-13)8-9-5-3-4-6-11(9)21/h3-6H,8H2,1-2H3,(H2,24,30)(H3,23,25,26,27,31). The van der Waals surface area contributed by atoms with Crippen LogP contribution in [0.25, 0.3) is 11.5 Å². The normalized spacial score (nSPS) is 16.9. The molecule has 0 spiro atoms. The molecule has 12 heteroatoms. The molecule has 3 heterocycles. The first kappa shape index (κ1) is 20.7. The number of fused-ring (bicyclic) bond motifs is 1. The van der Waals surface area contributed by atoms with Gasteiger partial charge in [-0.3, -0.25) is 9.59 Å². The van der Waals surface area contributed by atoms with Gasteiger partial charge < -0.3 is 21.5 Å². The lowest BCUT2D eigenvalue weighted by Crippen LogP contribution is -2.44. The van der Waals surface area contributed by atoms with Crippen molar-refractivity contribution in [3.05, 3.63) is 46.8 Å². The van der Waals surface area contributed by atoms with Gasteiger partial charge in [-0.25, -0.2) is 19.0 Å². The molecule has 32 heavy (non-hydrogen) atoms. The lowest BCUT2D eigenvalue weighted by Gasteiger charge is -2.18. The molecule has 0 radical (unpaired) electrons. The van der Waals surface area contributed by atoms with E-state index in [0.29, 0.717) is 5.56 Å². The Morgan fingerprint density at radius 3 is 2.72 bits per heavy atom. The van der Waals surface area contributed by atoms with Gasteiger partial charge in [-0.05, 0) is 13.0 Å². The second-order valence-corrected chi connectivity index (χ2v) is 7.19. The molecule has 1 aromatic carbocycles. The summed E-state index contributed by atoms with van der Waals surface area (Å²) >= 11 is 0. The highest BCUT2D eigenvalue weighted by Gasteiger charge is 2.51. The number of amides is 2. The maximum Gasteiger partial charge on any atom is 0.245 e. The Morgan fingerprint density at radius 2 is 2.09 bits per heavy atom. The van der Waals surface area contributed by atoms with Crippen molar-refractivity contribution < 1.29 is 18.7 Å². The Balaban J connectivity index is 1.86. The number of carbonyl (C=O) groups excluding carboxylic acids is 2. The molecule has 4 rings (SSSR count). The van der Waals surface area contributed by atoms with Crippen molar-refractivity contribution in [1.82, 2.24) is 19.7 Å². The third-order valence-corrected chi connectivity index (χ3v) is 5.32. The van der Waals surface area contributed by atoms with E-state index in [0.717, 1.165) is 0 Å². The lowest BCUT2D eigenvalue weighted by atomic mass is 9.84. The molecule has 1 aliphatic rings. The first-order valence-corrected chi connectivity index (χ1v) is 9.30. The molecule has 11 nitrogen and oxygen atoms in total. The molecule has 0 fully saturated rings. The summed E-state index contributed by atoms with van der Waals surface area (Å²) in [5.74, 6) is -2.25. The van der Waals surface area contributed by atoms with Crippen molar-refractivity contribution >= 4 is 23.5 Å². The van der Waals surface area contributed by atoms with Crippen LogP contribution in [-0.2, 0) is 21.5 Å². The van der Waals surface area contributed by atoms with Crippen LogP contribution in [0.4, 0.5) is 16.0 Å². The summed E-state index contributed by atoms with van der Waals surface area (Å²) in [6, 6.07) is 8.09. The average molecular weight is 436 g/mol. The molecule has 0 bridgehead atoms. The van der Waals surface area contributed by atoms with Crippen molar-refractivity contribution in [1.29, 1.82) is 5.26 Å². The largest absolute Gasteiger partial charge is 0.480 e. The van der Waals surface area contributed by atoms with E-state index < -0.39 is 23.0 Å². The van der Waals surface area contributed by atoms with Crippen LogP contribution >= 0.6 is 0 Å². The second kappa shape index (κ2) is 7.31. The average Bonchev–Trinajstić information content (AvgIpc) is 3.24. The Hall–Kier alpha value is -4.53. The number of anilines is 2. The number of halogens is 1. The smallest absolute Gasteiger partial charge is 0.245 e. The number of nitrogen functional groups attached to an aromatic ring is 1. The molecule has 0 saturated heterocycles. The Labute approximate surface area is 180 Å². The third-order valence-electron chi connectivity index (χ3n) is 5.32. The van der Waals surface area contributed by atoms with Gasteiger partial charge >= 0.3 is 0 Å². The number of nitrogens with one attached hydrogen (secondary N) is 1. The Bertz CT molecular complexity index is 1330. The lowest BCUT2D eigenvalue weighted by molar-refractivity contribution is -0.131. The van der Waals surface area contributed by atoms with Crippen LogP contribution < -0.4 is 21.5 Å². The van der Waals surface area contributed by atoms with E-state index in [1.165, 1.54) is 24.8 Å². The summed E-state index contributed by atoms with van der Waals surface area (Å²) in [7, 11) is 1.34. The van der Waals surface area contributed by atoms with E-state index in [1.54, 1.807) is 18.2 Å². The number of nitrogens with zero attached hydrogens (tertiary/aromatic N) is 5. The highest BCUT2D eigenvalue weighted by molar-refractivity contribution is 6.20. The Morgan fingerprint density at radius 1 is 1.38 bits per heavy atom. The summed E-state index contributed by atoms with van der Waals surface area (Å²) < 4.78 is 20.8. The fraction of sp³-hybridized carbons (Fsp3) is 0.200. The van der Waals surface area contributed by atoms with Gasteiger partial charge in [-0.2, -0.15) is 10.4 Å². The van der Waals surface area contributed by atoms with Crippen molar-refractivity contribution in [2.45, 2.75) is 18.9 Å². The maximum absolute atomic E-state index is 14.1. The van der Waals surface area contributed by atoms with E-state index in [-0.39, 0.29) is 46.7 Å². The molecule has 5 N–H and O–H groups in total. The minimum absolute atomic E-state index is 0.00897. The third kappa shape index (κ3) is 2.90. The molecule has 1 aliphatic heterocycles. The molecule has 0 aliphatic carbocycles. The molecule has 1 atom stereocenters. The van der Waals surface area contributed by atoms with Gasteiger partial charge in [0.05, 0.1) is 19.2 Å². The summed E-state index contributed by atoms with van der Waals surface area (Å²) in [5.41, 5.74) is 10.1. The van der Waals surface area contributed by atoms with Crippen LogP contribution in [0.15, 0.2) is 24.3 Å². The van der Waals surface area contributed by atoms with E-state index in [9.17, 15) is 19.2 Å². The summed E-state index contributed by atoms with van der Waals surface area (Å²) in [4.78, 5) is 32.7. The van der Waals surface area contributed by atoms with Crippen LogP contribution in [0.3, 0.4) is 0 Å². The van der Waals surface area contributed by atoms with Gasteiger partial charge in [0.15, 0.2) is 16.9 Å². The van der Waals surface area contributed by atoms with Gasteiger partial charge in [0.2, 0.25) is 17.7 Å². The Kier molecular flexibility index (Phi) is 4.74. The van der Waals surface area contributed by atoms with Crippen molar-refractivity contribution in [2.75, 3.05) is 18.2 Å². The molecule has 3 aromatic rings. The number of hydrogen-bond donors (Lipinski definition) is 3. The first-order valence-electron chi connectivity index (χ1n) is 9.30. The molecular weight excluding hydrogens is 419 g/mol. The molecular formula is C20H17FN8O3. The van der Waals surface area contributed by atoms with E-state index >= 15 is 0 Å². The number of primary amides is 1. The number of rotatable bonds is 5. The number of methoxy groups -OCH3 is 1. The molecule has 2 amide bonds. The molecule has 2 aromatic heterocycles. The fourth-order valence-corrected chi connectivity index (χ4v) is 3.55. The monoisotopic (exact) mass is 436 g/mol. The van der Waals surface area contributed by atoms with Crippen molar-refractivity contribution in [3.8, 4) is 23.5 Å². The predicted octanol–water partition coefficient (Wildman–Crippen LogP) is 0.685. The minimum Gasteiger partial charge on any atom is -0.480 e. The van der Waals surface area contributed by atoms with Crippen LogP contribution in [0.2, 0.25) is 0 Å². The van der Waals surface area contributed by atoms with Gasteiger partial charge in [0.25, 0.3) is 0 Å². The van der Waals surface area contributed by atoms with Crippen LogP contribution in [-0.4, -0.2) is 38.7 Å². The topological polar surface area (TPSA) is 175 Å². The zero-order valence-electron chi connectivity index (χ0n) is 17.0. The molecule has 0 saturated carbocycles. The van der Waals surface area contributed by atoms with Crippen LogP contribution in [0.5, 0.6) is 5.88 Å². The van der Waals surface area contributed by atoms with Gasteiger partial charge in [-0.1, -0.05) is 18.2 Å². The zero-order chi connectivity index (χ0) is 23.2. The maximum atomic E-state index is 14.1. The first-order chi connectivity index (χ1) is 15.2. The number of carbonyl (C=O) groups is 2. The SMILES string of the molecule is COc1c(C#N)c(-c2nc(N)c3c(n2)NC(=O)C3(C)C(N)=O)nn1Cc1ccccc1F. The fourth-order valence-electron chi connectivity index (χ4n) is 3.55. The van der Waals surface area contributed by atoms with Gasteiger partial charge in [-0.15, -0.1) is 0 Å². The van der Waals surface area contributed by atoms with E-state index in [4.69, 9.17) is 16.2 Å². The molecule has 1 unspecified atom stereocenters. The van der Waals surface area contributed by atoms with E-state index in [2.05, 4.69) is 20.4 Å². The number of aromatic nitrogens is 4. The van der Waals surface area contributed by atoms with Crippen LogP contribution in [0.1, 0.15) is 23.6 Å². The highest BCUT2D eigenvalue weighted by atomic mass is 19.1. The van der Waals surface area contributed by atoms with Crippen LogP contribution in [0, 0.1) is 17.1 Å². The number of nitriles is 1. The second-order valence-electron chi connectivity index (χ2n) is 7.19. The van der Waals surface area contributed by atoms with Crippen molar-refractivity contribution in [3.63, 3.8) is 0 Å². The summed E-state index contributed by atoms with van der Waals surface area (Å²) in [6.07, 6.45) is 0. The minimum atomic E-state index is -1.74. The molecule has 162 valence electrons.